The van der Waals surface area contributed by atoms with Crippen LogP contribution in [0.25, 0.3) is 5.76 Å². The molecule has 0 bridgehead atoms. The molecule has 2 aromatic carbocycles. The number of ketones is 1. The molecule has 0 aliphatic heterocycles. The Morgan fingerprint density at radius 2 is 1.56 bits per heavy atom. The molecule has 1 aliphatic carbocycles. The number of rotatable bonds is 3. The highest BCUT2D eigenvalue weighted by atomic mass is 19.1. The van der Waals surface area contributed by atoms with E-state index in [9.17, 15) is 18.7 Å². The molecule has 0 heterocycles. The van der Waals surface area contributed by atoms with E-state index in [1.807, 2.05) is 13.8 Å². The number of aliphatic hydroxyl groups is 1. The summed E-state index contributed by atoms with van der Waals surface area (Å²) in [6, 6.07) is 11.3. The van der Waals surface area contributed by atoms with Gasteiger partial charge in [-0.25, -0.2) is 8.78 Å². The number of nitrogens with zero attached hydrogens (tertiary/aromatic N) is 1. The van der Waals surface area contributed by atoms with Gasteiger partial charge in [-0.15, -0.1) is 0 Å². The van der Waals surface area contributed by atoms with Gasteiger partial charge >= 0.3 is 0 Å². The van der Waals surface area contributed by atoms with Gasteiger partial charge in [-0.05, 0) is 53.8 Å². The molecule has 1 saturated carbocycles. The molecule has 1 aliphatic rings. The maximum absolute atomic E-state index is 13.2. The predicted molar refractivity (Wildman–Crippen MR) is 102 cm³/mol. The van der Waals surface area contributed by atoms with Crippen LogP contribution in [-0.4, -0.2) is 16.6 Å². The lowest BCUT2D eigenvalue weighted by Gasteiger charge is -2.31. The normalized spacial score (nSPS) is 20.0. The second-order valence-corrected chi connectivity index (χ2v) is 7.56. The highest BCUT2D eigenvalue weighted by molar-refractivity contribution is 6.28. The molecule has 27 heavy (non-hydrogen) atoms. The van der Waals surface area contributed by atoms with Crippen molar-refractivity contribution < 1.29 is 18.7 Å². The van der Waals surface area contributed by atoms with Crippen LogP contribution in [0, 0.1) is 17.0 Å². The maximum atomic E-state index is 13.2. The molecule has 0 spiro atoms. The van der Waals surface area contributed by atoms with E-state index >= 15 is 0 Å². The third-order valence-electron chi connectivity index (χ3n) is 4.57. The fourth-order valence-corrected chi connectivity index (χ4v) is 3.22. The highest BCUT2D eigenvalue weighted by Crippen LogP contribution is 2.37. The van der Waals surface area contributed by atoms with Crippen LogP contribution in [0.4, 0.5) is 8.78 Å². The molecule has 3 nitrogen and oxygen atoms in total. The zero-order valence-corrected chi connectivity index (χ0v) is 15.3. The quantitative estimate of drug-likeness (QED) is 0.592. The van der Waals surface area contributed by atoms with E-state index in [0.29, 0.717) is 24.1 Å². The lowest BCUT2D eigenvalue weighted by Crippen LogP contribution is -2.32. The van der Waals surface area contributed by atoms with Gasteiger partial charge in [0, 0.05) is 12.0 Å². The number of Topliss-reactive ketones (excluding diaryl/α,β-unsaturated/α-hetero) is 1. The summed E-state index contributed by atoms with van der Waals surface area (Å²) in [5.74, 6) is -1.12. The molecular weight excluding hydrogens is 348 g/mol. The van der Waals surface area contributed by atoms with Crippen LogP contribution < -0.4 is 0 Å². The average molecular weight is 369 g/mol. The monoisotopic (exact) mass is 369 g/mol. The summed E-state index contributed by atoms with van der Waals surface area (Å²) in [5.41, 5.74) is 1.60. The Kier molecular flexibility index (Phi) is 5.22. The first-order valence-corrected chi connectivity index (χ1v) is 8.76. The van der Waals surface area contributed by atoms with E-state index in [4.69, 9.17) is 0 Å². The first-order chi connectivity index (χ1) is 12.7. The van der Waals surface area contributed by atoms with Crippen molar-refractivity contribution in [3.63, 3.8) is 0 Å². The van der Waals surface area contributed by atoms with Gasteiger partial charge in [-0.2, -0.15) is 0 Å². The predicted octanol–water partition coefficient (Wildman–Crippen LogP) is 5.26. The highest BCUT2D eigenvalue weighted by Gasteiger charge is 2.36. The van der Waals surface area contributed by atoms with Gasteiger partial charge in [-0.1, -0.05) is 26.0 Å². The molecule has 0 aromatic heterocycles. The summed E-state index contributed by atoms with van der Waals surface area (Å²) in [6.07, 6.45) is 0.823. The van der Waals surface area contributed by atoms with Crippen molar-refractivity contribution >= 4 is 17.3 Å². The van der Waals surface area contributed by atoms with Crippen LogP contribution in [-0.2, 0) is 11.3 Å². The third-order valence-corrected chi connectivity index (χ3v) is 4.57. The number of hydrogen-bond acceptors (Lipinski definition) is 3. The van der Waals surface area contributed by atoms with Crippen LogP contribution in [0.2, 0.25) is 0 Å². The molecule has 0 radical (unpaired) electrons. The Morgan fingerprint density at radius 3 is 2.15 bits per heavy atom. The van der Waals surface area contributed by atoms with Gasteiger partial charge in [0.15, 0.2) is 5.78 Å². The zero-order chi connectivity index (χ0) is 19.6. The first kappa shape index (κ1) is 19.0. The average Bonchev–Trinajstić information content (AvgIpc) is 2.60. The fourth-order valence-electron chi connectivity index (χ4n) is 3.22. The Bertz CT molecular complexity index is 910. The van der Waals surface area contributed by atoms with Crippen molar-refractivity contribution in [1.29, 1.82) is 0 Å². The second-order valence-electron chi connectivity index (χ2n) is 7.56. The van der Waals surface area contributed by atoms with Crippen molar-refractivity contribution in [2.24, 2.45) is 10.4 Å². The van der Waals surface area contributed by atoms with Crippen LogP contribution in [0.5, 0.6) is 0 Å². The van der Waals surface area contributed by atoms with Crippen molar-refractivity contribution in [3.8, 4) is 0 Å². The number of carbonyl (C=O) groups excluding carboxylic acids is 1. The minimum Gasteiger partial charge on any atom is -0.506 e. The van der Waals surface area contributed by atoms with Crippen LogP contribution in [0.1, 0.15) is 37.8 Å². The van der Waals surface area contributed by atoms with E-state index in [0.717, 1.165) is 5.56 Å². The largest absolute Gasteiger partial charge is 0.506 e. The molecule has 0 saturated heterocycles. The SMILES string of the molecule is CC1(C)CC(=O)/C(=C(/O)c2ccc(F)cc2)C(=NCc2ccc(F)cc2)C1. The number of halogens is 2. The molecule has 2 aromatic rings. The van der Waals surface area contributed by atoms with Crippen LogP contribution >= 0.6 is 0 Å². The molecule has 1 N–H and O–H groups in total. The molecule has 140 valence electrons. The molecule has 0 amide bonds. The minimum absolute atomic E-state index is 0.183. The molecule has 1 fully saturated rings. The van der Waals surface area contributed by atoms with E-state index < -0.39 is 5.82 Å². The van der Waals surface area contributed by atoms with Gasteiger partial charge in [0.1, 0.15) is 17.4 Å². The number of aliphatic imine (C=N–C) groups is 1. The first-order valence-electron chi connectivity index (χ1n) is 8.76. The maximum Gasteiger partial charge on any atom is 0.168 e. The number of hydrogen-bond donors (Lipinski definition) is 1. The van der Waals surface area contributed by atoms with Gasteiger partial charge < -0.3 is 5.11 Å². The third kappa shape index (κ3) is 4.48. The molecule has 0 atom stereocenters. The number of carbonyl (C=O) groups is 1. The summed E-state index contributed by atoms with van der Waals surface area (Å²) >= 11 is 0. The Morgan fingerprint density at radius 1 is 1.00 bits per heavy atom. The zero-order valence-electron chi connectivity index (χ0n) is 15.3. The molecule has 5 heteroatoms. The van der Waals surface area contributed by atoms with Gasteiger partial charge in [0.2, 0.25) is 0 Å². The van der Waals surface area contributed by atoms with Gasteiger partial charge in [0.25, 0.3) is 0 Å². The summed E-state index contributed by atoms with van der Waals surface area (Å²) < 4.78 is 26.2. The van der Waals surface area contributed by atoms with Crippen molar-refractivity contribution in [1.82, 2.24) is 0 Å². The topological polar surface area (TPSA) is 49.7 Å². The van der Waals surface area contributed by atoms with Crippen molar-refractivity contribution in [2.45, 2.75) is 33.2 Å². The summed E-state index contributed by atoms with van der Waals surface area (Å²) in [6.45, 7) is 4.23. The van der Waals surface area contributed by atoms with Crippen molar-refractivity contribution in [3.05, 3.63) is 76.9 Å². The van der Waals surface area contributed by atoms with Crippen LogP contribution in [0.15, 0.2) is 59.1 Å². The number of allylic oxidation sites excluding steroid dienone is 1. The summed E-state index contributed by atoms with van der Waals surface area (Å²) in [5, 5.41) is 10.7. The summed E-state index contributed by atoms with van der Waals surface area (Å²) in [7, 11) is 0. The molecule has 0 unspecified atom stereocenters. The smallest absolute Gasteiger partial charge is 0.168 e. The number of aliphatic hydroxyl groups excluding tert-OH is 1. The Labute approximate surface area is 157 Å². The Hall–Kier alpha value is -2.82. The summed E-state index contributed by atoms with van der Waals surface area (Å²) in [4.78, 5) is 17.3. The standard InChI is InChI=1S/C22H21F2NO2/c1-22(2)11-18(25-13-14-3-7-16(23)8-4-14)20(19(26)12-22)21(27)15-5-9-17(24)10-6-15/h3-10,27H,11-13H2,1-2H3/b21-20+,25-18?. The Balaban J connectivity index is 2.01. The van der Waals surface area contributed by atoms with Crippen molar-refractivity contribution in [2.75, 3.05) is 0 Å². The second kappa shape index (κ2) is 7.43. The fraction of sp³-hybridized carbons (Fsp3) is 0.273. The number of benzene rings is 2. The minimum atomic E-state index is -0.419. The van der Waals surface area contributed by atoms with E-state index in [1.165, 1.54) is 36.4 Å². The van der Waals surface area contributed by atoms with E-state index in [2.05, 4.69) is 4.99 Å². The van der Waals surface area contributed by atoms with Gasteiger partial charge in [-0.3, -0.25) is 9.79 Å². The molecule has 3 rings (SSSR count). The van der Waals surface area contributed by atoms with Crippen LogP contribution in [0.3, 0.4) is 0 Å². The lowest BCUT2D eigenvalue weighted by molar-refractivity contribution is -0.117. The van der Waals surface area contributed by atoms with Gasteiger partial charge in [0.05, 0.1) is 17.8 Å². The van der Waals surface area contributed by atoms with E-state index in [1.54, 1.807) is 12.1 Å². The lowest BCUT2D eigenvalue weighted by atomic mass is 9.73. The van der Waals surface area contributed by atoms with E-state index in [-0.39, 0.29) is 34.9 Å². The molecular formula is C22H21F2NO2.